The molecule has 3 rings (SSSR count). The van der Waals surface area contributed by atoms with Crippen molar-refractivity contribution in [3.05, 3.63) is 62.1 Å². The Kier molecular flexibility index (Phi) is 7.75. The van der Waals surface area contributed by atoms with Gasteiger partial charge in [-0.25, -0.2) is 0 Å². The number of anilines is 1. The maximum absolute atomic E-state index is 13.8. The van der Waals surface area contributed by atoms with Crippen molar-refractivity contribution in [3.63, 3.8) is 0 Å². The normalized spacial score (nSPS) is 18.6. The first-order valence-corrected chi connectivity index (χ1v) is 11.6. The molecule has 186 valence electrons. The number of alkyl halides is 3. The molecule has 2 aromatic rings. The van der Waals surface area contributed by atoms with E-state index < -0.39 is 17.6 Å². The van der Waals surface area contributed by atoms with Gasteiger partial charge in [0, 0.05) is 47.7 Å². The highest BCUT2D eigenvalue weighted by atomic mass is 19.4. The number of amides is 1. The summed E-state index contributed by atoms with van der Waals surface area (Å²) in [7, 11) is 0. The van der Waals surface area contributed by atoms with E-state index in [2.05, 4.69) is 10.3 Å². The van der Waals surface area contributed by atoms with Gasteiger partial charge in [-0.1, -0.05) is 0 Å². The monoisotopic (exact) mass is 478 g/mol. The summed E-state index contributed by atoms with van der Waals surface area (Å²) >= 11 is 0. The first kappa shape index (κ1) is 25.8. The van der Waals surface area contributed by atoms with E-state index in [1.807, 2.05) is 11.8 Å². The minimum atomic E-state index is -4.60. The summed E-state index contributed by atoms with van der Waals surface area (Å²) in [6, 6.07) is 4.00. The van der Waals surface area contributed by atoms with E-state index in [9.17, 15) is 22.8 Å². The molecule has 0 atom stereocenters. The van der Waals surface area contributed by atoms with Crippen LogP contribution in [-0.2, 0) is 12.7 Å². The van der Waals surface area contributed by atoms with Crippen LogP contribution in [0.3, 0.4) is 0 Å². The van der Waals surface area contributed by atoms with Crippen LogP contribution in [0.4, 0.5) is 18.9 Å². The standard InChI is InChI=1S/C25H33F3N4O2/c1-5-32(19-8-6-18(29)7-9-19)22-12-17(25(26,27)28)11-20(16(22)4)23(33)30-13-21-14(2)10-15(3)31-24(21)34/h10-12,18-19H,5-9,13,29H2,1-4H3,(H,30,33)(H,31,34)/t18-,19-. The highest BCUT2D eigenvalue weighted by Crippen LogP contribution is 2.37. The Hall–Kier alpha value is -2.81. The quantitative estimate of drug-likeness (QED) is 0.576. The number of aromatic amines is 1. The number of rotatable bonds is 6. The minimum Gasteiger partial charge on any atom is -0.369 e. The van der Waals surface area contributed by atoms with Crippen molar-refractivity contribution >= 4 is 11.6 Å². The smallest absolute Gasteiger partial charge is 0.369 e. The van der Waals surface area contributed by atoms with Crippen LogP contribution in [-0.4, -0.2) is 29.5 Å². The number of carbonyl (C=O) groups is 1. The van der Waals surface area contributed by atoms with Gasteiger partial charge in [-0.15, -0.1) is 0 Å². The number of hydrogen-bond donors (Lipinski definition) is 3. The molecule has 9 heteroatoms. The Morgan fingerprint density at radius 1 is 1.15 bits per heavy atom. The Morgan fingerprint density at radius 3 is 2.35 bits per heavy atom. The van der Waals surface area contributed by atoms with E-state index in [1.54, 1.807) is 26.8 Å². The van der Waals surface area contributed by atoms with E-state index in [-0.39, 0.29) is 29.8 Å². The first-order valence-electron chi connectivity index (χ1n) is 11.6. The van der Waals surface area contributed by atoms with Gasteiger partial charge in [0.05, 0.1) is 5.56 Å². The average Bonchev–Trinajstić information content (AvgIpc) is 2.74. The summed E-state index contributed by atoms with van der Waals surface area (Å²) in [6.45, 7) is 7.52. The molecule has 34 heavy (non-hydrogen) atoms. The van der Waals surface area contributed by atoms with Crippen LogP contribution in [0.2, 0.25) is 0 Å². The predicted molar refractivity (Wildman–Crippen MR) is 127 cm³/mol. The molecule has 4 N–H and O–H groups in total. The van der Waals surface area contributed by atoms with Crippen LogP contribution >= 0.6 is 0 Å². The number of benzene rings is 1. The highest BCUT2D eigenvalue weighted by molar-refractivity contribution is 5.97. The molecule has 0 bridgehead atoms. The molecule has 1 saturated carbocycles. The summed E-state index contributed by atoms with van der Waals surface area (Å²) in [5.41, 5.74) is 7.44. The third kappa shape index (κ3) is 5.63. The largest absolute Gasteiger partial charge is 0.416 e. The summed E-state index contributed by atoms with van der Waals surface area (Å²) in [4.78, 5) is 30.0. The van der Waals surface area contributed by atoms with Gasteiger partial charge in [0.1, 0.15) is 0 Å². The van der Waals surface area contributed by atoms with Crippen molar-refractivity contribution in [1.29, 1.82) is 0 Å². The number of pyridine rings is 1. The Labute approximate surface area is 197 Å². The maximum Gasteiger partial charge on any atom is 0.416 e. The predicted octanol–water partition coefficient (Wildman–Crippen LogP) is 4.35. The summed E-state index contributed by atoms with van der Waals surface area (Å²) in [5.74, 6) is -0.647. The third-order valence-electron chi connectivity index (χ3n) is 6.70. The van der Waals surface area contributed by atoms with Gasteiger partial charge >= 0.3 is 6.18 Å². The molecule has 1 aliphatic carbocycles. The van der Waals surface area contributed by atoms with Crippen LogP contribution in [0.5, 0.6) is 0 Å². The number of halogens is 3. The molecule has 0 saturated heterocycles. The summed E-state index contributed by atoms with van der Waals surface area (Å²) in [6.07, 6.45) is -1.38. The molecular weight excluding hydrogens is 445 g/mol. The fourth-order valence-corrected chi connectivity index (χ4v) is 4.80. The second kappa shape index (κ2) is 10.2. The number of aromatic nitrogens is 1. The van der Waals surface area contributed by atoms with Gasteiger partial charge in [0.15, 0.2) is 0 Å². The SMILES string of the molecule is CCN(c1cc(C(F)(F)F)cc(C(=O)NCc2c(C)cc(C)[nH]c2=O)c1C)[C@H]1CC[C@H](N)CC1. The van der Waals surface area contributed by atoms with Crippen molar-refractivity contribution in [2.75, 3.05) is 11.4 Å². The summed E-state index contributed by atoms with van der Waals surface area (Å²) < 4.78 is 41.4. The van der Waals surface area contributed by atoms with Crippen molar-refractivity contribution in [1.82, 2.24) is 10.3 Å². The molecule has 1 aliphatic rings. The van der Waals surface area contributed by atoms with Gasteiger partial charge in [-0.3, -0.25) is 9.59 Å². The second-order valence-corrected chi connectivity index (χ2v) is 9.15. The lowest BCUT2D eigenvalue weighted by atomic mass is 9.89. The van der Waals surface area contributed by atoms with E-state index >= 15 is 0 Å². The number of H-pyrrole nitrogens is 1. The van der Waals surface area contributed by atoms with Gasteiger partial charge < -0.3 is 20.9 Å². The van der Waals surface area contributed by atoms with Crippen molar-refractivity contribution in [3.8, 4) is 0 Å². The lowest BCUT2D eigenvalue weighted by Crippen LogP contribution is -2.41. The zero-order valence-electron chi connectivity index (χ0n) is 20.1. The van der Waals surface area contributed by atoms with E-state index in [0.29, 0.717) is 34.6 Å². The summed E-state index contributed by atoms with van der Waals surface area (Å²) in [5, 5.41) is 2.64. The second-order valence-electron chi connectivity index (χ2n) is 9.15. The fourth-order valence-electron chi connectivity index (χ4n) is 4.80. The Bertz CT molecular complexity index is 1100. The fraction of sp³-hybridized carbons (Fsp3) is 0.520. The molecule has 0 unspecified atom stereocenters. The topological polar surface area (TPSA) is 91.2 Å². The molecule has 0 radical (unpaired) electrons. The van der Waals surface area contributed by atoms with Gasteiger partial charge in [-0.2, -0.15) is 13.2 Å². The zero-order valence-corrected chi connectivity index (χ0v) is 20.1. The average molecular weight is 479 g/mol. The van der Waals surface area contributed by atoms with E-state index in [1.165, 1.54) is 0 Å². The number of hydrogen-bond acceptors (Lipinski definition) is 4. The maximum atomic E-state index is 13.8. The number of carbonyl (C=O) groups excluding carboxylic acids is 1. The molecule has 1 heterocycles. The van der Waals surface area contributed by atoms with Gasteiger partial charge in [0.2, 0.25) is 0 Å². The van der Waals surface area contributed by atoms with Gasteiger partial charge in [0.25, 0.3) is 11.5 Å². The molecule has 0 aliphatic heterocycles. The van der Waals surface area contributed by atoms with E-state index in [4.69, 9.17) is 5.73 Å². The van der Waals surface area contributed by atoms with Crippen LogP contribution in [0, 0.1) is 20.8 Å². The lowest BCUT2D eigenvalue weighted by Gasteiger charge is -2.38. The highest BCUT2D eigenvalue weighted by Gasteiger charge is 2.34. The molecule has 1 fully saturated rings. The first-order chi connectivity index (χ1) is 15.9. The van der Waals surface area contributed by atoms with Crippen LogP contribution < -0.4 is 21.5 Å². The molecule has 0 spiro atoms. The van der Waals surface area contributed by atoms with Crippen LogP contribution in [0.25, 0.3) is 0 Å². The van der Waals surface area contributed by atoms with Gasteiger partial charge in [-0.05, 0) is 82.7 Å². The Balaban J connectivity index is 1.96. The van der Waals surface area contributed by atoms with Crippen molar-refractivity contribution in [2.24, 2.45) is 5.73 Å². The number of aryl methyl sites for hydroxylation is 2. The zero-order chi connectivity index (χ0) is 25.2. The molecule has 1 aromatic carbocycles. The Morgan fingerprint density at radius 2 is 1.79 bits per heavy atom. The molecule has 1 aromatic heterocycles. The van der Waals surface area contributed by atoms with Crippen LogP contribution in [0.1, 0.15) is 70.9 Å². The number of nitrogens with zero attached hydrogens (tertiary/aromatic N) is 1. The number of nitrogens with two attached hydrogens (primary N) is 1. The van der Waals surface area contributed by atoms with Crippen molar-refractivity contribution in [2.45, 2.75) is 78.2 Å². The molecule has 6 nitrogen and oxygen atoms in total. The van der Waals surface area contributed by atoms with Crippen LogP contribution in [0.15, 0.2) is 23.0 Å². The molecule has 1 amide bonds. The number of nitrogens with one attached hydrogen (secondary N) is 2. The third-order valence-corrected chi connectivity index (χ3v) is 6.70. The van der Waals surface area contributed by atoms with E-state index in [0.717, 1.165) is 37.8 Å². The lowest BCUT2D eigenvalue weighted by molar-refractivity contribution is -0.137. The van der Waals surface area contributed by atoms with Crippen molar-refractivity contribution < 1.29 is 18.0 Å². The minimum absolute atomic E-state index is 0.0445. The molecular formula is C25H33F3N4O2.